The highest BCUT2D eigenvalue weighted by atomic mass is 16.5. The van der Waals surface area contributed by atoms with E-state index in [1.54, 1.807) is 6.92 Å². The second kappa shape index (κ2) is 70.3. The Bertz CT molecular complexity index is 424. The Labute approximate surface area is 347 Å². The van der Waals surface area contributed by atoms with Crippen molar-refractivity contribution in [1.29, 1.82) is 0 Å². The number of rotatable bonds is 37. The number of hydrogen-bond acceptors (Lipinski definition) is 2. The molecule has 0 N–H and O–H groups in total. The summed E-state index contributed by atoms with van der Waals surface area (Å²) in [6.07, 6.45) is 57.8. The molecule has 0 heterocycles. The minimum atomic E-state index is -0.211. The molecule has 0 fully saturated rings. The first-order valence-corrected chi connectivity index (χ1v) is 25.6. The van der Waals surface area contributed by atoms with Gasteiger partial charge in [-0.2, -0.15) is 0 Å². The monoisotopic (exact) mass is 769 g/mol. The largest absolute Gasteiger partial charge is 0.466 e. The quantitative estimate of drug-likeness (QED) is 0.0465. The van der Waals surface area contributed by atoms with E-state index < -0.39 is 0 Å². The normalized spacial score (nSPS) is 10.2. The summed E-state index contributed by atoms with van der Waals surface area (Å²) in [4.78, 5) is 9.82. The fourth-order valence-corrected chi connectivity index (χ4v) is 6.45. The van der Waals surface area contributed by atoms with Crippen molar-refractivity contribution in [3.8, 4) is 0 Å². The Hall–Kier alpha value is -0.530. The van der Waals surface area contributed by atoms with E-state index in [4.69, 9.17) is 0 Å². The molecule has 0 aliphatic rings. The van der Waals surface area contributed by atoms with E-state index in [0.717, 1.165) is 0 Å². The van der Waals surface area contributed by atoms with Gasteiger partial charge in [0.2, 0.25) is 0 Å². The molecule has 2 nitrogen and oxygen atoms in total. The molecule has 0 aliphatic carbocycles. The summed E-state index contributed by atoms with van der Waals surface area (Å²) in [5, 5.41) is 0. The van der Waals surface area contributed by atoms with Crippen LogP contribution in [0.1, 0.15) is 326 Å². The second-order valence-corrected chi connectivity index (χ2v) is 16.2. The van der Waals surface area contributed by atoms with Crippen LogP contribution in [-0.4, -0.2) is 12.6 Å². The third kappa shape index (κ3) is 88.6. The van der Waals surface area contributed by atoms with E-state index >= 15 is 0 Å². The smallest absolute Gasteiger partial charge is 0.302 e. The molecule has 0 aromatic rings. The predicted octanol–water partition coefficient (Wildman–Crippen LogP) is 20.3. The van der Waals surface area contributed by atoms with Crippen LogP contribution in [-0.2, 0) is 9.53 Å². The number of carbonyl (C=O) groups excluding carboxylic acids is 1. The first-order valence-electron chi connectivity index (χ1n) is 25.6. The van der Waals surface area contributed by atoms with Crippen molar-refractivity contribution < 1.29 is 9.53 Å². The van der Waals surface area contributed by atoms with Gasteiger partial charge in [-0.05, 0) is 6.92 Å². The summed E-state index contributed by atoms with van der Waals surface area (Å²) >= 11 is 0. The van der Waals surface area contributed by atoms with Crippen molar-refractivity contribution >= 4 is 5.97 Å². The average molecular weight is 769 g/mol. The number of carbonyl (C=O) groups is 1. The van der Waals surface area contributed by atoms with Crippen molar-refractivity contribution in [2.45, 2.75) is 326 Å². The topological polar surface area (TPSA) is 26.3 Å². The molecular formula is C52H112O2. The lowest BCUT2D eigenvalue weighted by Crippen LogP contribution is -1.95. The summed E-state index contributed by atoms with van der Waals surface area (Å²) in [5.41, 5.74) is 0. The summed E-state index contributed by atoms with van der Waals surface area (Å²) < 4.78 is 4.40. The number of esters is 1. The van der Waals surface area contributed by atoms with Crippen molar-refractivity contribution in [3.63, 3.8) is 0 Å². The lowest BCUT2D eigenvalue weighted by Gasteiger charge is -1.99. The minimum absolute atomic E-state index is 0.211. The van der Waals surface area contributed by atoms with Crippen LogP contribution in [0.4, 0.5) is 0 Å². The number of hydrogen-bond donors (Lipinski definition) is 0. The van der Waals surface area contributed by atoms with Gasteiger partial charge in [0.25, 0.3) is 0 Å². The molecule has 0 bridgehead atoms. The van der Waals surface area contributed by atoms with E-state index in [9.17, 15) is 4.79 Å². The van der Waals surface area contributed by atoms with Gasteiger partial charge in [-0.25, -0.2) is 0 Å². The molecule has 0 aliphatic heterocycles. The van der Waals surface area contributed by atoms with Crippen molar-refractivity contribution in [1.82, 2.24) is 0 Å². The summed E-state index contributed by atoms with van der Waals surface area (Å²) in [6, 6.07) is 0. The van der Waals surface area contributed by atoms with Crippen LogP contribution in [0.3, 0.4) is 0 Å². The van der Waals surface area contributed by atoms with Crippen LogP contribution in [0.2, 0.25) is 0 Å². The molecule has 0 aromatic carbocycles. The van der Waals surface area contributed by atoms with Crippen molar-refractivity contribution in [2.24, 2.45) is 0 Å². The summed E-state index contributed by atoms with van der Waals surface area (Å²) in [5.74, 6) is -0.211. The van der Waals surface area contributed by atoms with Gasteiger partial charge < -0.3 is 4.74 Å². The maximum atomic E-state index is 9.82. The SMILES string of the molecule is CCCCCCCCCCCC.CCCCCCCCCCCC.CCCCCCCCCCCC.CCCCCCCCCCCC.CCOC(C)=O. The van der Waals surface area contributed by atoms with Gasteiger partial charge in [0.1, 0.15) is 0 Å². The first-order chi connectivity index (χ1) is 26.4. The lowest BCUT2D eigenvalue weighted by molar-refractivity contribution is -0.140. The van der Waals surface area contributed by atoms with E-state index in [2.05, 4.69) is 60.1 Å². The van der Waals surface area contributed by atoms with Gasteiger partial charge in [-0.15, -0.1) is 0 Å². The standard InChI is InChI=1S/4C12H26.C4H8O2/c4*1-3-5-7-9-11-12-10-8-6-4-2;1-3-6-4(2)5/h4*3-12H2,1-2H3;3H2,1-2H3. The van der Waals surface area contributed by atoms with Crippen molar-refractivity contribution in [3.05, 3.63) is 0 Å². The van der Waals surface area contributed by atoms with Crippen LogP contribution in [0.25, 0.3) is 0 Å². The van der Waals surface area contributed by atoms with Crippen LogP contribution in [0.15, 0.2) is 0 Å². The maximum Gasteiger partial charge on any atom is 0.302 e. The molecule has 54 heavy (non-hydrogen) atoms. The van der Waals surface area contributed by atoms with E-state index in [-0.39, 0.29) is 5.97 Å². The first kappa shape index (κ1) is 62.7. The zero-order valence-corrected chi connectivity index (χ0v) is 40.3. The Morgan fingerprint density at radius 2 is 0.352 bits per heavy atom. The highest BCUT2D eigenvalue weighted by Crippen LogP contribution is 2.13. The third-order valence-electron chi connectivity index (χ3n) is 10.2. The molecule has 0 radical (unpaired) electrons. The molecule has 0 unspecified atom stereocenters. The van der Waals surface area contributed by atoms with Crippen LogP contribution >= 0.6 is 0 Å². The molecule has 0 saturated carbocycles. The Morgan fingerprint density at radius 1 is 0.241 bits per heavy atom. The zero-order valence-electron chi connectivity index (χ0n) is 40.3. The van der Waals surface area contributed by atoms with Crippen molar-refractivity contribution in [2.75, 3.05) is 6.61 Å². The van der Waals surface area contributed by atoms with Crippen LogP contribution < -0.4 is 0 Å². The molecule has 332 valence electrons. The molecule has 0 rings (SSSR count). The zero-order chi connectivity index (χ0) is 41.3. The van der Waals surface area contributed by atoms with Crippen LogP contribution in [0, 0.1) is 0 Å². The number of ether oxygens (including phenoxy) is 1. The molecular weight excluding hydrogens is 657 g/mol. The van der Waals surface area contributed by atoms with E-state index in [1.165, 1.54) is 264 Å². The van der Waals surface area contributed by atoms with Gasteiger partial charge in [0.15, 0.2) is 0 Å². The van der Waals surface area contributed by atoms with Gasteiger partial charge in [0.05, 0.1) is 6.61 Å². The van der Waals surface area contributed by atoms with Gasteiger partial charge in [-0.3, -0.25) is 4.79 Å². The summed E-state index contributed by atoms with van der Waals surface area (Å²) in [7, 11) is 0. The van der Waals surface area contributed by atoms with E-state index in [1.807, 2.05) is 0 Å². The molecule has 0 spiro atoms. The molecule has 2 heteroatoms. The average Bonchev–Trinajstić information content (AvgIpc) is 3.17. The second-order valence-electron chi connectivity index (χ2n) is 16.2. The molecule has 0 amide bonds. The van der Waals surface area contributed by atoms with Gasteiger partial charge >= 0.3 is 5.97 Å². The third-order valence-corrected chi connectivity index (χ3v) is 10.2. The lowest BCUT2D eigenvalue weighted by atomic mass is 10.1. The van der Waals surface area contributed by atoms with Gasteiger partial charge in [-0.1, -0.05) is 312 Å². The fourth-order valence-electron chi connectivity index (χ4n) is 6.45. The predicted molar refractivity (Wildman–Crippen MR) is 252 cm³/mol. The van der Waals surface area contributed by atoms with E-state index in [0.29, 0.717) is 6.61 Å². The highest BCUT2D eigenvalue weighted by molar-refractivity contribution is 5.65. The Kier molecular flexibility index (Phi) is 81.6. The highest BCUT2D eigenvalue weighted by Gasteiger charge is 1.93. The Morgan fingerprint density at radius 3 is 0.407 bits per heavy atom. The fraction of sp³-hybridized carbons (Fsp3) is 0.981. The molecule has 0 atom stereocenters. The molecule has 0 aromatic heterocycles. The van der Waals surface area contributed by atoms with Crippen LogP contribution in [0.5, 0.6) is 0 Å². The Balaban J connectivity index is -0.000000188. The minimum Gasteiger partial charge on any atom is -0.466 e. The maximum absolute atomic E-state index is 9.82. The van der Waals surface area contributed by atoms with Gasteiger partial charge in [0, 0.05) is 6.92 Å². The summed E-state index contributed by atoms with van der Waals surface area (Å²) in [6.45, 7) is 21.9. The number of unbranched alkanes of at least 4 members (excludes halogenated alkanes) is 36. The molecule has 0 saturated heterocycles.